The van der Waals surface area contributed by atoms with Crippen molar-refractivity contribution in [3.8, 4) is 0 Å². The summed E-state index contributed by atoms with van der Waals surface area (Å²) in [4.78, 5) is 27.1. The second kappa shape index (κ2) is 10.6. The number of anilines is 1. The Hall–Kier alpha value is -2.54. The number of benzene rings is 1. The molecule has 3 heterocycles. The first kappa shape index (κ1) is 28.5. The summed E-state index contributed by atoms with van der Waals surface area (Å²) in [5, 5.41) is 14.7. The first-order valence-electron chi connectivity index (χ1n) is 12.6. The number of nitrogens with one attached hydrogen (secondary N) is 2. The highest BCUT2D eigenvalue weighted by Crippen LogP contribution is 2.48. The quantitative estimate of drug-likeness (QED) is 0.472. The molecule has 0 aromatic heterocycles. The zero-order valence-corrected chi connectivity index (χ0v) is 21.1. The molecule has 0 spiro atoms. The summed E-state index contributed by atoms with van der Waals surface area (Å²) in [6, 6.07) is 2.26. The molecule has 1 amide bonds. The zero-order chi connectivity index (χ0) is 28.0. The van der Waals surface area contributed by atoms with E-state index < -0.39 is 48.2 Å². The zero-order valence-electron chi connectivity index (χ0n) is 21.1. The Labute approximate surface area is 216 Å². The molecule has 4 rings (SSSR count). The van der Waals surface area contributed by atoms with E-state index >= 15 is 0 Å². The van der Waals surface area contributed by atoms with Crippen LogP contribution < -0.4 is 15.5 Å². The number of halogens is 6. The Bertz CT molecular complexity index is 1030. The highest BCUT2D eigenvalue weighted by molar-refractivity contribution is 5.75. The second-order valence-corrected chi connectivity index (χ2v) is 10.6. The number of likely N-dealkylation sites (tertiary alicyclic amines) is 1. The van der Waals surface area contributed by atoms with Crippen LogP contribution in [0.1, 0.15) is 30.9 Å². The highest BCUT2D eigenvalue weighted by Gasteiger charge is 2.66. The summed E-state index contributed by atoms with van der Waals surface area (Å²) >= 11 is 0. The lowest BCUT2D eigenvalue weighted by Gasteiger charge is -2.35. The normalized spacial score (nSPS) is 27.1. The summed E-state index contributed by atoms with van der Waals surface area (Å²) in [6.07, 6.45) is -9.55. The third-order valence-electron chi connectivity index (χ3n) is 8.13. The molecule has 1 aromatic carbocycles. The maximum Gasteiger partial charge on any atom is 0.402 e. The number of carbonyl (C=O) groups excluding carboxylic acids is 1. The fourth-order valence-corrected chi connectivity index (χ4v) is 6.43. The van der Waals surface area contributed by atoms with Crippen LogP contribution in [-0.4, -0.2) is 78.5 Å². The molecule has 7 nitrogen and oxygen atoms in total. The lowest BCUT2D eigenvalue weighted by atomic mass is 9.84. The van der Waals surface area contributed by atoms with Crippen LogP contribution in [0, 0.1) is 24.7 Å². The largest absolute Gasteiger partial charge is 0.480 e. The number of fused-ring (bicyclic) bond motifs is 1. The number of hydrogen-bond acceptors (Lipinski definition) is 5. The summed E-state index contributed by atoms with van der Waals surface area (Å²) in [6.45, 7) is 5.17. The number of rotatable bonds is 6. The van der Waals surface area contributed by atoms with Crippen LogP contribution >= 0.6 is 0 Å². The second-order valence-electron chi connectivity index (χ2n) is 10.6. The molecule has 3 aliphatic heterocycles. The van der Waals surface area contributed by atoms with Crippen molar-refractivity contribution in [1.29, 1.82) is 0 Å². The number of nitrogens with zero attached hydrogens (tertiary/aromatic N) is 2. The first-order chi connectivity index (χ1) is 17.7. The number of hydrogen-bond donors (Lipinski definition) is 3. The van der Waals surface area contributed by atoms with Gasteiger partial charge in [0.15, 0.2) is 5.92 Å². The van der Waals surface area contributed by atoms with Crippen LogP contribution in [0.5, 0.6) is 0 Å². The van der Waals surface area contributed by atoms with E-state index in [4.69, 9.17) is 0 Å². The monoisotopic (exact) mass is 550 g/mol. The standard InChI is InChI=1S/C25H32F6N4O3/c1-13-15(4-3-5-19(13)35-8-6-16(7-9-35)32-14(2)36)10-34-11-17-18(12-34)21(23(37)38)33-20(17)22(24(26,27)28)25(29,30)31/h3-5,16-18,20-22,33H,6-12H2,1-2H3,(H,32,36)(H,37,38). The number of carboxylic acids is 1. The van der Waals surface area contributed by atoms with Gasteiger partial charge >= 0.3 is 18.3 Å². The Morgan fingerprint density at radius 2 is 1.68 bits per heavy atom. The molecule has 13 heteroatoms. The van der Waals surface area contributed by atoms with Crippen molar-refractivity contribution < 1.29 is 41.0 Å². The minimum absolute atomic E-state index is 0.0689. The van der Waals surface area contributed by atoms with E-state index in [0.29, 0.717) is 0 Å². The van der Waals surface area contributed by atoms with E-state index in [9.17, 15) is 41.0 Å². The maximum atomic E-state index is 13.5. The Morgan fingerprint density at radius 3 is 2.24 bits per heavy atom. The van der Waals surface area contributed by atoms with Gasteiger partial charge in [-0.15, -0.1) is 0 Å². The smallest absolute Gasteiger partial charge is 0.402 e. The molecule has 3 aliphatic rings. The predicted molar refractivity (Wildman–Crippen MR) is 126 cm³/mol. The molecule has 4 unspecified atom stereocenters. The van der Waals surface area contributed by atoms with Gasteiger partial charge in [-0.1, -0.05) is 12.1 Å². The van der Waals surface area contributed by atoms with Gasteiger partial charge in [0.25, 0.3) is 0 Å². The van der Waals surface area contributed by atoms with Gasteiger partial charge in [0, 0.05) is 63.3 Å². The van der Waals surface area contributed by atoms with Crippen LogP contribution in [0.3, 0.4) is 0 Å². The van der Waals surface area contributed by atoms with E-state index in [-0.39, 0.29) is 31.6 Å². The van der Waals surface area contributed by atoms with Gasteiger partial charge < -0.3 is 20.6 Å². The lowest BCUT2D eigenvalue weighted by molar-refractivity contribution is -0.293. The molecule has 3 saturated heterocycles. The van der Waals surface area contributed by atoms with E-state index in [1.807, 2.05) is 25.1 Å². The number of piperidine rings is 1. The maximum absolute atomic E-state index is 13.5. The minimum atomic E-state index is -5.56. The van der Waals surface area contributed by atoms with Crippen LogP contribution in [0.25, 0.3) is 0 Å². The van der Waals surface area contributed by atoms with Crippen molar-refractivity contribution in [3.63, 3.8) is 0 Å². The average molecular weight is 551 g/mol. The SMILES string of the molecule is CC(=O)NC1CCN(c2cccc(CN3CC4C(C(=O)O)NC(C(C(F)(F)F)C(F)(F)F)C4C3)c2C)CC1. The molecule has 3 fully saturated rings. The Morgan fingerprint density at radius 1 is 1.08 bits per heavy atom. The lowest BCUT2D eigenvalue weighted by Crippen LogP contribution is -2.53. The molecule has 212 valence electrons. The van der Waals surface area contributed by atoms with Gasteiger partial charge in [-0.25, -0.2) is 0 Å². The van der Waals surface area contributed by atoms with Gasteiger partial charge in [0.1, 0.15) is 6.04 Å². The molecule has 4 atom stereocenters. The summed E-state index contributed by atoms with van der Waals surface area (Å²) in [5.41, 5.74) is 2.82. The topological polar surface area (TPSA) is 84.9 Å². The van der Waals surface area contributed by atoms with Crippen molar-refractivity contribution in [2.75, 3.05) is 31.1 Å². The molecule has 38 heavy (non-hydrogen) atoms. The van der Waals surface area contributed by atoms with Crippen molar-refractivity contribution in [1.82, 2.24) is 15.5 Å². The van der Waals surface area contributed by atoms with Crippen LogP contribution in [0.15, 0.2) is 18.2 Å². The molecule has 0 bridgehead atoms. The fraction of sp³-hybridized carbons (Fsp3) is 0.680. The molecule has 1 aromatic rings. The van der Waals surface area contributed by atoms with Crippen LogP contribution in [-0.2, 0) is 16.1 Å². The van der Waals surface area contributed by atoms with Crippen molar-refractivity contribution in [2.45, 2.75) is 63.7 Å². The van der Waals surface area contributed by atoms with E-state index in [1.54, 1.807) is 4.90 Å². The summed E-state index contributed by atoms with van der Waals surface area (Å²) < 4.78 is 81.1. The third-order valence-corrected chi connectivity index (χ3v) is 8.13. The van der Waals surface area contributed by atoms with Gasteiger partial charge in [0.2, 0.25) is 5.91 Å². The number of alkyl halides is 6. The number of amides is 1. The predicted octanol–water partition coefficient (Wildman–Crippen LogP) is 3.31. The van der Waals surface area contributed by atoms with Crippen LogP contribution in [0.2, 0.25) is 0 Å². The summed E-state index contributed by atoms with van der Waals surface area (Å²) in [5.74, 6) is -7.15. The van der Waals surface area contributed by atoms with E-state index in [2.05, 4.69) is 15.5 Å². The molecule has 3 N–H and O–H groups in total. The van der Waals surface area contributed by atoms with Crippen molar-refractivity contribution in [3.05, 3.63) is 29.3 Å². The van der Waals surface area contributed by atoms with Crippen molar-refractivity contribution in [2.24, 2.45) is 17.8 Å². The van der Waals surface area contributed by atoms with Gasteiger partial charge in [-0.05, 0) is 42.9 Å². The minimum Gasteiger partial charge on any atom is -0.480 e. The van der Waals surface area contributed by atoms with Gasteiger partial charge in [-0.3, -0.25) is 14.5 Å². The third kappa shape index (κ3) is 5.88. The summed E-state index contributed by atoms with van der Waals surface area (Å²) in [7, 11) is 0. The molecular weight excluding hydrogens is 518 g/mol. The molecule has 0 saturated carbocycles. The molecular formula is C25H32F6N4O3. The first-order valence-corrected chi connectivity index (χ1v) is 12.6. The van der Waals surface area contributed by atoms with E-state index in [1.165, 1.54) is 6.92 Å². The average Bonchev–Trinajstić information content (AvgIpc) is 3.33. The number of carbonyl (C=O) groups is 2. The molecule has 0 aliphatic carbocycles. The van der Waals surface area contributed by atoms with Crippen molar-refractivity contribution >= 4 is 17.6 Å². The Kier molecular flexibility index (Phi) is 7.91. The molecule has 0 radical (unpaired) electrons. The highest BCUT2D eigenvalue weighted by atomic mass is 19.4. The van der Waals surface area contributed by atoms with Gasteiger partial charge in [-0.2, -0.15) is 26.3 Å². The van der Waals surface area contributed by atoms with Crippen LogP contribution in [0.4, 0.5) is 32.0 Å². The van der Waals surface area contributed by atoms with Gasteiger partial charge in [0.05, 0.1) is 0 Å². The Balaban J connectivity index is 1.50. The number of aliphatic carboxylic acids is 1. The van der Waals surface area contributed by atoms with E-state index in [0.717, 1.165) is 42.7 Å². The number of carboxylic acid groups (broad SMARTS) is 1. The fourth-order valence-electron chi connectivity index (χ4n) is 6.43.